The van der Waals surface area contributed by atoms with Crippen LogP contribution in [0.4, 0.5) is 0 Å². The molecule has 1 N–H and O–H groups in total. The topological polar surface area (TPSA) is 30.1 Å². The number of furan rings is 1. The lowest BCUT2D eigenvalue weighted by Gasteiger charge is -2.39. The number of dihydropyridines is 1. The van der Waals surface area contributed by atoms with E-state index in [1.165, 1.54) is 49.6 Å². The summed E-state index contributed by atoms with van der Waals surface area (Å²) >= 11 is 0. The number of aromatic nitrogens is 1. The third-order valence-electron chi connectivity index (χ3n) is 12.0. The van der Waals surface area contributed by atoms with E-state index in [0.717, 1.165) is 50.9 Å². The van der Waals surface area contributed by atoms with E-state index in [1.807, 2.05) is 0 Å². The Labute approximate surface area is 332 Å². The number of rotatable bonds is 6. The molecule has 3 nitrogen and oxygen atoms in total. The van der Waals surface area contributed by atoms with Gasteiger partial charge in [0.25, 0.3) is 0 Å². The van der Waals surface area contributed by atoms with E-state index in [2.05, 4.69) is 217 Å². The second-order valence-corrected chi connectivity index (χ2v) is 15.6. The van der Waals surface area contributed by atoms with Crippen molar-refractivity contribution in [3.8, 4) is 16.8 Å². The van der Waals surface area contributed by atoms with Gasteiger partial charge in [-0.3, -0.25) is 0 Å². The first-order valence-electron chi connectivity index (χ1n) is 19.9. The molecule has 9 aromatic rings. The van der Waals surface area contributed by atoms with Gasteiger partial charge in [-0.25, -0.2) is 0 Å². The van der Waals surface area contributed by atoms with Gasteiger partial charge in [0.2, 0.25) is 0 Å². The highest BCUT2D eigenvalue weighted by Gasteiger charge is 2.35. The van der Waals surface area contributed by atoms with Crippen LogP contribution >= 0.6 is 0 Å². The van der Waals surface area contributed by atoms with Crippen molar-refractivity contribution in [1.29, 1.82) is 0 Å². The Balaban J connectivity index is 1.03. The second kappa shape index (κ2) is 13.3. The molecule has 0 radical (unpaired) electrons. The maximum atomic E-state index is 6.87. The molecule has 7 aromatic carbocycles. The molecule has 1 aliphatic carbocycles. The SMILES string of the molecule is CC1(C2C=C(c3ccccc3)C=C(c3ccccc3)N2)C=C(c2cccc3c2oc2cccc(-c4ccc5c6ccccc6n(-c6ccccc6)c5c4)c23)C=CC1. The Morgan fingerprint density at radius 3 is 2.11 bits per heavy atom. The largest absolute Gasteiger partial charge is 0.455 e. The van der Waals surface area contributed by atoms with Crippen LogP contribution < -0.4 is 5.32 Å². The molecule has 57 heavy (non-hydrogen) atoms. The van der Waals surface area contributed by atoms with E-state index in [4.69, 9.17) is 4.42 Å². The number of para-hydroxylation sites is 3. The first-order valence-corrected chi connectivity index (χ1v) is 19.9. The van der Waals surface area contributed by atoms with E-state index >= 15 is 0 Å². The quantitative estimate of drug-likeness (QED) is 0.184. The van der Waals surface area contributed by atoms with Crippen molar-refractivity contribution in [3.63, 3.8) is 0 Å². The molecule has 2 aliphatic rings. The Bertz CT molecular complexity index is 3120. The van der Waals surface area contributed by atoms with Crippen molar-refractivity contribution < 1.29 is 4.42 Å². The van der Waals surface area contributed by atoms with Crippen molar-refractivity contribution in [3.05, 3.63) is 217 Å². The van der Waals surface area contributed by atoms with Gasteiger partial charge >= 0.3 is 0 Å². The molecule has 0 amide bonds. The predicted molar refractivity (Wildman–Crippen MR) is 239 cm³/mol. The summed E-state index contributed by atoms with van der Waals surface area (Å²) in [6.07, 6.45) is 12.7. The van der Waals surface area contributed by atoms with Crippen LogP contribution in [0.2, 0.25) is 0 Å². The maximum absolute atomic E-state index is 6.87. The number of fused-ring (bicyclic) bond motifs is 6. The second-order valence-electron chi connectivity index (χ2n) is 15.6. The van der Waals surface area contributed by atoms with Crippen LogP contribution in [0.1, 0.15) is 30.0 Å². The fourth-order valence-corrected chi connectivity index (χ4v) is 9.18. The lowest BCUT2D eigenvalue weighted by Crippen LogP contribution is -2.42. The molecule has 0 bridgehead atoms. The summed E-state index contributed by atoms with van der Waals surface area (Å²) in [7, 11) is 0. The Morgan fingerprint density at radius 1 is 0.596 bits per heavy atom. The monoisotopic (exact) mass is 732 g/mol. The first kappa shape index (κ1) is 33.3. The van der Waals surface area contributed by atoms with Gasteiger partial charge < -0.3 is 14.3 Å². The highest BCUT2D eigenvalue weighted by atomic mass is 16.3. The van der Waals surface area contributed by atoms with E-state index in [0.29, 0.717) is 0 Å². The molecule has 0 saturated carbocycles. The zero-order valence-electron chi connectivity index (χ0n) is 31.7. The van der Waals surface area contributed by atoms with Gasteiger partial charge in [0, 0.05) is 43.9 Å². The van der Waals surface area contributed by atoms with Crippen molar-refractivity contribution in [2.45, 2.75) is 19.4 Å². The third kappa shape index (κ3) is 5.58. The number of hydrogen-bond acceptors (Lipinski definition) is 2. The number of nitrogens with one attached hydrogen (secondary N) is 1. The van der Waals surface area contributed by atoms with Gasteiger partial charge in [-0.05, 0) is 76.2 Å². The van der Waals surface area contributed by atoms with Gasteiger partial charge in [-0.1, -0.05) is 171 Å². The van der Waals surface area contributed by atoms with E-state index in [9.17, 15) is 0 Å². The molecule has 1 aliphatic heterocycles. The molecule has 0 fully saturated rings. The van der Waals surface area contributed by atoms with Gasteiger partial charge in [-0.2, -0.15) is 0 Å². The molecule has 0 spiro atoms. The minimum absolute atomic E-state index is 0.0655. The summed E-state index contributed by atoms with van der Waals surface area (Å²) in [5.41, 5.74) is 14.6. The highest BCUT2D eigenvalue weighted by Crippen LogP contribution is 2.45. The zero-order chi connectivity index (χ0) is 37.9. The normalized spacial score (nSPS) is 18.1. The van der Waals surface area contributed by atoms with Gasteiger partial charge in [0.05, 0.1) is 17.1 Å². The third-order valence-corrected chi connectivity index (χ3v) is 12.0. The summed E-state index contributed by atoms with van der Waals surface area (Å²) in [5.74, 6) is 0. The molecular weight excluding hydrogens is 693 g/mol. The maximum Gasteiger partial charge on any atom is 0.143 e. The summed E-state index contributed by atoms with van der Waals surface area (Å²) in [6.45, 7) is 2.38. The van der Waals surface area contributed by atoms with Crippen LogP contribution in [0.3, 0.4) is 0 Å². The molecule has 2 atom stereocenters. The van der Waals surface area contributed by atoms with Crippen LogP contribution in [0, 0.1) is 5.41 Å². The fourth-order valence-electron chi connectivity index (χ4n) is 9.18. The average molecular weight is 733 g/mol. The fraction of sp³-hybridized carbons (Fsp3) is 0.0741. The number of hydrogen-bond donors (Lipinski definition) is 1. The zero-order valence-corrected chi connectivity index (χ0v) is 31.7. The standard InChI is InChI=1S/C54H40N2O/c1-54(51-34-40(36-16-5-2-6-17-36)32-47(55-51)37-18-7-3-8-19-37)31-15-20-39(35-54)43-25-13-26-46-52-42(24-14-28-50(52)57-53(43)46)38-29-30-45-44-23-11-12-27-48(44)56(49(45)33-38)41-21-9-4-10-22-41/h2-30,32-35,51,55H,31H2,1H3. The molecule has 272 valence electrons. The average Bonchev–Trinajstić information content (AvgIpc) is 3.83. The Kier molecular flexibility index (Phi) is 7.75. The number of allylic oxidation sites excluding steroid dienone is 5. The van der Waals surface area contributed by atoms with E-state index in [-0.39, 0.29) is 11.5 Å². The van der Waals surface area contributed by atoms with Crippen LogP contribution in [0.25, 0.3) is 77.4 Å². The molecule has 0 saturated heterocycles. The van der Waals surface area contributed by atoms with Crippen molar-refractivity contribution in [2.75, 3.05) is 0 Å². The smallest absolute Gasteiger partial charge is 0.143 e. The molecular formula is C54H40N2O. The predicted octanol–water partition coefficient (Wildman–Crippen LogP) is 13.8. The number of nitrogens with zero attached hydrogens (tertiary/aromatic N) is 1. The highest BCUT2D eigenvalue weighted by molar-refractivity contribution is 6.16. The molecule has 3 heterocycles. The minimum atomic E-state index is -0.204. The van der Waals surface area contributed by atoms with Crippen LogP contribution in [-0.4, -0.2) is 10.6 Å². The lowest BCUT2D eigenvalue weighted by atomic mass is 9.72. The number of benzene rings is 7. The van der Waals surface area contributed by atoms with Crippen LogP contribution in [-0.2, 0) is 0 Å². The summed E-state index contributed by atoms with van der Waals surface area (Å²) in [4.78, 5) is 0. The summed E-state index contributed by atoms with van der Waals surface area (Å²) in [6, 6.07) is 60.8. The Hall–Kier alpha value is -7.10. The van der Waals surface area contributed by atoms with E-state index in [1.54, 1.807) is 0 Å². The molecule has 2 unspecified atom stereocenters. The lowest BCUT2D eigenvalue weighted by molar-refractivity contribution is 0.355. The van der Waals surface area contributed by atoms with Crippen molar-refractivity contribution in [1.82, 2.24) is 9.88 Å². The van der Waals surface area contributed by atoms with Crippen molar-refractivity contribution >= 4 is 60.6 Å². The van der Waals surface area contributed by atoms with E-state index < -0.39 is 0 Å². The first-order chi connectivity index (χ1) is 28.1. The van der Waals surface area contributed by atoms with Gasteiger partial charge in [0.1, 0.15) is 11.2 Å². The molecule has 3 heteroatoms. The van der Waals surface area contributed by atoms with Gasteiger partial charge in [-0.15, -0.1) is 0 Å². The van der Waals surface area contributed by atoms with Gasteiger partial charge in [0.15, 0.2) is 0 Å². The van der Waals surface area contributed by atoms with Crippen molar-refractivity contribution in [2.24, 2.45) is 5.41 Å². The summed E-state index contributed by atoms with van der Waals surface area (Å²) < 4.78 is 9.26. The van der Waals surface area contributed by atoms with Crippen LogP contribution in [0.15, 0.2) is 205 Å². The minimum Gasteiger partial charge on any atom is -0.455 e. The Morgan fingerprint density at radius 2 is 1.28 bits per heavy atom. The summed E-state index contributed by atoms with van der Waals surface area (Å²) in [5, 5.41) is 8.71. The molecule has 11 rings (SSSR count). The molecule has 2 aromatic heterocycles. The van der Waals surface area contributed by atoms with Crippen LogP contribution in [0.5, 0.6) is 0 Å².